The van der Waals surface area contributed by atoms with Crippen molar-refractivity contribution in [3.63, 3.8) is 0 Å². The lowest BCUT2D eigenvalue weighted by Crippen LogP contribution is -2.42. The summed E-state index contributed by atoms with van der Waals surface area (Å²) in [6.07, 6.45) is 3.74. The lowest BCUT2D eigenvalue weighted by molar-refractivity contribution is 0.0731. The Balaban J connectivity index is 1.74. The molecule has 5 heteroatoms. The molecule has 1 unspecified atom stereocenters. The number of nitriles is 1. The smallest absolute Gasteiger partial charge is 0.270 e. The van der Waals surface area contributed by atoms with Crippen molar-refractivity contribution in [1.82, 2.24) is 9.47 Å². The standard InChI is InChI=1S/C19H22N4O/c1-21(16-7-4-3-5-8-16)14-17-9-6-10-23(17)19(24)18-11-15(12-20)13-22(18)2/h3-5,7-8,11,13,17H,6,9-10,14H2,1-2H3. The zero-order valence-corrected chi connectivity index (χ0v) is 14.1. The van der Waals surface area contributed by atoms with E-state index >= 15 is 0 Å². The van der Waals surface area contributed by atoms with Crippen molar-refractivity contribution in [3.8, 4) is 6.07 Å². The van der Waals surface area contributed by atoms with Crippen LogP contribution in [-0.2, 0) is 7.05 Å². The van der Waals surface area contributed by atoms with Crippen LogP contribution in [0.5, 0.6) is 0 Å². The van der Waals surface area contributed by atoms with Gasteiger partial charge in [0.2, 0.25) is 0 Å². The van der Waals surface area contributed by atoms with Crippen molar-refractivity contribution in [2.75, 3.05) is 25.0 Å². The molecule has 3 rings (SSSR count). The first-order valence-corrected chi connectivity index (χ1v) is 8.24. The summed E-state index contributed by atoms with van der Waals surface area (Å²) in [5.74, 6) is 0.0166. The summed E-state index contributed by atoms with van der Waals surface area (Å²) in [6.45, 7) is 1.59. The quantitative estimate of drug-likeness (QED) is 0.869. The Morgan fingerprint density at radius 1 is 1.38 bits per heavy atom. The Kier molecular flexibility index (Phi) is 4.57. The maximum absolute atomic E-state index is 12.9. The number of nitrogens with zero attached hydrogens (tertiary/aromatic N) is 4. The number of carbonyl (C=O) groups is 1. The van der Waals surface area contributed by atoms with Crippen molar-refractivity contribution < 1.29 is 4.79 Å². The molecule has 2 heterocycles. The van der Waals surface area contributed by atoms with E-state index in [2.05, 4.69) is 30.1 Å². The molecule has 124 valence electrons. The third kappa shape index (κ3) is 3.13. The average Bonchev–Trinajstić information content (AvgIpc) is 3.21. The maximum atomic E-state index is 12.9. The number of aryl methyl sites for hydroxylation is 1. The normalized spacial score (nSPS) is 16.9. The fourth-order valence-corrected chi connectivity index (χ4v) is 3.38. The SMILES string of the molecule is CN(CC1CCCN1C(=O)c1cc(C#N)cn1C)c1ccccc1. The van der Waals surface area contributed by atoms with Gasteiger partial charge in [-0.3, -0.25) is 4.79 Å². The lowest BCUT2D eigenvalue weighted by atomic mass is 10.2. The van der Waals surface area contributed by atoms with Crippen molar-refractivity contribution in [2.45, 2.75) is 18.9 Å². The van der Waals surface area contributed by atoms with Gasteiger partial charge in [0.1, 0.15) is 11.8 Å². The van der Waals surface area contributed by atoms with Crippen LogP contribution in [0.3, 0.4) is 0 Å². The highest BCUT2D eigenvalue weighted by atomic mass is 16.2. The molecule has 0 spiro atoms. The maximum Gasteiger partial charge on any atom is 0.270 e. The van der Waals surface area contributed by atoms with E-state index in [1.807, 2.05) is 30.1 Å². The Hall–Kier alpha value is -2.74. The molecule has 1 aliphatic heterocycles. The molecule has 1 fully saturated rings. The zero-order chi connectivity index (χ0) is 17.1. The Labute approximate surface area is 142 Å². The van der Waals surface area contributed by atoms with Crippen molar-refractivity contribution >= 4 is 11.6 Å². The fourth-order valence-electron chi connectivity index (χ4n) is 3.38. The molecule has 1 aromatic carbocycles. The van der Waals surface area contributed by atoms with Crippen molar-refractivity contribution in [3.05, 3.63) is 53.9 Å². The van der Waals surface area contributed by atoms with Crippen LogP contribution >= 0.6 is 0 Å². The number of anilines is 1. The van der Waals surface area contributed by atoms with Crippen LogP contribution in [-0.4, -0.2) is 41.6 Å². The summed E-state index contributed by atoms with van der Waals surface area (Å²) in [4.78, 5) is 17.1. The lowest BCUT2D eigenvalue weighted by Gasteiger charge is -2.30. The third-order valence-electron chi connectivity index (χ3n) is 4.67. The number of benzene rings is 1. The summed E-state index contributed by atoms with van der Waals surface area (Å²) >= 11 is 0. The van der Waals surface area contributed by atoms with E-state index in [0.717, 1.165) is 31.6 Å². The molecule has 24 heavy (non-hydrogen) atoms. The highest BCUT2D eigenvalue weighted by Crippen LogP contribution is 2.23. The van der Waals surface area contributed by atoms with Gasteiger partial charge in [0.15, 0.2) is 0 Å². The largest absolute Gasteiger partial charge is 0.373 e. The molecule has 1 atom stereocenters. The number of para-hydroxylation sites is 1. The van der Waals surface area contributed by atoms with Gasteiger partial charge in [-0.2, -0.15) is 5.26 Å². The van der Waals surface area contributed by atoms with Crippen molar-refractivity contribution in [1.29, 1.82) is 5.26 Å². The molecule has 2 aromatic rings. The molecule has 0 bridgehead atoms. The molecule has 0 N–H and O–H groups in total. The monoisotopic (exact) mass is 322 g/mol. The summed E-state index contributed by atoms with van der Waals surface area (Å²) in [6, 6.07) is 14.2. The number of aromatic nitrogens is 1. The van der Waals surface area contributed by atoms with E-state index in [0.29, 0.717) is 11.3 Å². The van der Waals surface area contributed by atoms with E-state index in [-0.39, 0.29) is 11.9 Å². The summed E-state index contributed by atoms with van der Waals surface area (Å²) < 4.78 is 1.75. The highest BCUT2D eigenvalue weighted by Gasteiger charge is 2.31. The summed E-state index contributed by atoms with van der Waals surface area (Å²) in [5.41, 5.74) is 2.27. The number of hydrogen-bond donors (Lipinski definition) is 0. The van der Waals surface area contributed by atoms with Crippen LogP contribution in [0.25, 0.3) is 0 Å². The van der Waals surface area contributed by atoms with E-state index < -0.39 is 0 Å². The molecule has 1 saturated heterocycles. The van der Waals surface area contributed by atoms with Crippen LogP contribution in [0.4, 0.5) is 5.69 Å². The topological polar surface area (TPSA) is 52.3 Å². The molecule has 1 aliphatic rings. The molecule has 1 amide bonds. The Bertz CT molecular complexity index is 759. The third-order valence-corrected chi connectivity index (χ3v) is 4.67. The molecule has 5 nitrogen and oxygen atoms in total. The van der Waals surface area contributed by atoms with E-state index in [4.69, 9.17) is 5.26 Å². The summed E-state index contributed by atoms with van der Waals surface area (Å²) in [7, 11) is 3.88. The number of rotatable bonds is 4. The minimum Gasteiger partial charge on any atom is -0.373 e. The highest BCUT2D eigenvalue weighted by molar-refractivity contribution is 5.93. The number of carbonyl (C=O) groups excluding carboxylic acids is 1. The zero-order valence-electron chi connectivity index (χ0n) is 14.1. The van der Waals surface area contributed by atoms with Crippen LogP contribution in [0.1, 0.15) is 28.9 Å². The van der Waals surface area contributed by atoms with E-state index in [1.165, 1.54) is 0 Å². The second-order valence-electron chi connectivity index (χ2n) is 6.35. The molecular weight excluding hydrogens is 300 g/mol. The van der Waals surface area contributed by atoms with Crippen LogP contribution in [0.2, 0.25) is 0 Å². The van der Waals surface area contributed by atoms with Gasteiger partial charge in [0.25, 0.3) is 5.91 Å². The first kappa shape index (κ1) is 16.1. The second kappa shape index (κ2) is 6.79. The Morgan fingerprint density at radius 2 is 2.12 bits per heavy atom. The Morgan fingerprint density at radius 3 is 2.79 bits per heavy atom. The van der Waals surface area contributed by atoms with Crippen LogP contribution in [0.15, 0.2) is 42.6 Å². The molecule has 1 aromatic heterocycles. The molecule has 0 saturated carbocycles. The molecular formula is C19H22N4O. The van der Waals surface area contributed by atoms with Gasteiger partial charge in [0.05, 0.1) is 5.56 Å². The first-order chi connectivity index (χ1) is 11.6. The van der Waals surface area contributed by atoms with E-state index in [9.17, 15) is 4.79 Å². The second-order valence-corrected chi connectivity index (χ2v) is 6.35. The van der Waals surface area contributed by atoms with Gasteiger partial charge >= 0.3 is 0 Å². The van der Waals surface area contributed by atoms with Gasteiger partial charge in [-0.15, -0.1) is 0 Å². The minimum atomic E-state index is 0.0166. The van der Waals surface area contributed by atoms with E-state index in [1.54, 1.807) is 16.8 Å². The van der Waals surface area contributed by atoms with Gasteiger partial charge in [-0.1, -0.05) is 18.2 Å². The van der Waals surface area contributed by atoms with Gasteiger partial charge in [-0.05, 0) is 31.0 Å². The minimum absolute atomic E-state index is 0.0166. The van der Waals surface area contributed by atoms with Gasteiger partial charge in [-0.25, -0.2) is 0 Å². The predicted molar refractivity (Wildman–Crippen MR) is 93.9 cm³/mol. The van der Waals surface area contributed by atoms with Crippen LogP contribution < -0.4 is 4.90 Å². The number of hydrogen-bond acceptors (Lipinski definition) is 3. The number of amides is 1. The van der Waals surface area contributed by atoms with Gasteiger partial charge in [0, 0.05) is 45.1 Å². The number of likely N-dealkylation sites (N-methyl/N-ethyl adjacent to an activating group) is 1. The van der Waals surface area contributed by atoms with Crippen LogP contribution in [0, 0.1) is 11.3 Å². The van der Waals surface area contributed by atoms with Crippen molar-refractivity contribution in [2.24, 2.45) is 7.05 Å². The predicted octanol–water partition coefficient (Wildman–Crippen LogP) is 2.64. The fraction of sp³-hybridized carbons (Fsp3) is 0.368. The average molecular weight is 322 g/mol. The number of likely N-dealkylation sites (tertiary alicyclic amines) is 1. The van der Waals surface area contributed by atoms with Gasteiger partial charge < -0.3 is 14.4 Å². The molecule has 0 aliphatic carbocycles. The summed E-state index contributed by atoms with van der Waals surface area (Å²) in [5, 5.41) is 9.02. The molecule has 0 radical (unpaired) electrons. The first-order valence-electron chi connectivity index (χ1n) is 8.24.